The molecule has 2 aromatic carbocycles. The van der Waals surface area contributed by atoms with E-state index in [9.17, 15) is 40.7 Å². The molecule has 0 saturated carbocycles. The summed E-state index contributed by atoms with van der Waals surface area (Å²) in [6.07, 6.45) is -7.58. The molecule has 0 aromatic heterocycles. The molecule has 0 spiro atoms. The number of carbonyl (C=O) groups is 2. The second-order valence-electron chi connectivity index (χ2n) is 8.78. The van der Waals surface area contributed by atoms with Crippen LogP contribution in [-0.4, -0.2) is 38.6 Å². The molecule has 0 radical (unpaired) electrons. The normalized spacial score (nSPS) is 16.1. The highest BCUT2D eigenvalue weighted by molar-refractivity contribution is 7.92. The molecule has 1 aliphatic rings. The van der Waals surface area contributed by atoms with Crippen LogP contribution in [0.4, 0.5) is 33.7 Å². The van der Waals surface area contributed by atoms with E-state index in [-0.39, 0.29) is 35.5 Å². The molecule has 2 amide bonds. The van der Waals surface area contributed by atoms with Crippen LogP contribution in [0.1, 0.15) is 32.8 Å². The number of rotatable bonds is 6. The van der Waals surface area contributed by atoms with Gasteiger partial charge in [-0.3, -0.25) is 9.10 Å². The van der Waals surface area contributed by atoms with Gasteiger partial charge in [-0.25, -0.2) is 12.8 Å². The molecule has 0 saturated heterocycles. The van der Waals surface area contributed by atoms with Crippen LogP contribution in [0, 0.1) is 5.82 Å². The molecule has 0 aliphatic carbocycles. The lowest BCUT2D eigenvalue weighted by Gasteiger charge is -2.39. The van der Waals surface area contributed by atoms with Crippen LogP contribution >= 0.6 is 0 Å². The summed E-state index contributed by atoms with van der Waals surface area (Å²) in [4.78, 5) is 21.6. The zero-order valence-electron chi connectivity index (χ0n) is 19.3. The third kappa shape index (κ3) is 5.98. The Hall–Kier alpha value is -3.55. The van der Waals surface area contributed by atoms with Gasteiger partial charge in [-0.1, -0.05) is 0 Å². The summed E-state index contributed by atoms with van der Waals surface area (Å²) < 4.78 is 87.3. The van der Waals surface area contributed by atoms with Crippen LogP contribution in [0.5, 0.6) is 5.75 Å². The summed E-state index contributed by atoms with van der Waals surface area (Å²) >= 11 is 0. The predicted molar refractivity (Wildman–Crippen MR) is 118 cm³/mol. The Labute approximate surface area is 204 Å². The Morgan fingerprint density at radius 2 is 1.83 bits per heavy atom. The van der Waals surface area contributed by atoms with Crippen molar-refractivity contribution in [3.05, 3.63) is 47.8 Å². The van der Waals surface area contributed by atoms with Crippen molar-refractivity contribution in [3.8, 4) is 5.75 Å². The Bertz CT molecular complexity index is 1300. The number of halogens is 4. The summed E-state index contributed by atoms with van der Waals surface area (Å²) in [5.74, 6) is -1.99. The van der Waals surface area contributed by atoms with Crippen molar-refractivity contribution in [2.45, 2.75) is 49.9 Å². The van der Waals surface area contributed by atoms with Gasteiger partial charge in [-0.2, -0.15) is 13.2 Å². The average molecular weight is 532 g/mol. The maximum absolute atomic E-state index is 13.8. The number of nitrogens with zero attached hydrogens (tertiary/aromatic N) is 1. The lowest BCUT2D eigenvalue weighted by atomic mass is 9.95. The van der Waals surface area contributed by atoms with E-state index in [0.717, 1.165) is 10.4 Å². The van der Waals surface area contributed by atoms with Crippen LogP contribution in [-0.2, 0) is 21.0 Å². The third-order valence-electron chi connectivity index (χ3n) is 5.22. The topological polar surface area (TPSA) is 128 Å². The number of hydrogen-bond acceptors (Lipinski definition) is 6. The highest BCUT2D eigenvalue weighted by Crippen LogP contribution is 2.41. The standard InChI is InChI=1S/C22H23F4N3O6S/c1-12(30)28-21(2,3)10-14-11-29(18-8-13(27-20(31)32)4-7-19(18)35-14)36(33,34)15-5-6-17(23)16(9-15)22(24,25)26/h4-9,14,27H,10-11H2,1-3H3,(H,28,30)(H,31,32)/p-1. The van der Waals surface area contributed by atoms with Gasteiger partial charge in [-0.05, 0) is 50.2 Å². The van der Waals surface area contributed by atoms with Crippen molar-refractivity contribution < 1.29 is 45.4 Å². The van der Waals surface area contributed by atoms with Crippen LogP contribution in [0.2, 0.25) is 0 Å². The van der Waals surface area contributed by atoms with Gasteiger partial charge in [0.1, 0.15) is 23.8 Å². The summed E-state index contributed by atoms with van der Waals surface area (Å²) in [6, 6.07) is 4.98. The van der Waals surface area contributed by atoms with Crippen molar-refractivity contribution >= 4 is 33.4 Å². The number of ether oxygens (including phenoxy) is 1. The Balaban J connectivity index is 2.10. The largest absolute Gasteiger partial charge is 0.530 e. The third-order valence-corrected chi connectivity index (χ3v) is 7.00. The summed E-state index contributed by atoms with van der Waals surface area (Å²) in [5.41, 5.74) is -2.84. The molecule has 2 N–H and O–H groups in total. The van der Waals surface area contributed by atoms with Gasteiger partial charge in [0.15, 0.2) is 0 Å². The first-order valence-corrected chi connectivity index (χ1v) is 11.9. The van der Waals surface area contributed by atoms with Crippen LogP contribution in [0.15, 0.2) is 41.3 Å². The number of sulfonamides is 1. The fourth-order valence-electron chi connectivity index (χ4n) is 3.95. The molecule has 1 atom stereocenters. The summed E-state index contributed by atoms with van der Waals surface area (Å²) in [6.45, 7) is 4.25. The molecule has 1 heterocycles. The molecule has 0 fully saturated rings. The van der Waals surface area contributed by atoms with Crippen molar-refractivity contribution in [2.75, 3.05) is 16.2 Å². The minimum Gasteiger partial charge on any atom is -0.530 e. The second-order valence-corrected chi connectivity index (χ2v) is 10.6. The molecule has 1 aliphatic heterocycles. The Morgan fingerprint density at radius 3 is 2.42 bits per heavy atom. The van der Waals surface area contributed by atoms with Gasteiger partial charge < -0.3 is 25.3 Å². The minimum atomic E-state index is -5.14. The molecular formula is C22H22F4N3O6S-. The number of alkyl halides is 3. The monoisotopic (exact) mass is 532 g/mol. The van der Waals surface area contributed by atoms with Gasteiger partial charge in [0.05, 0.1) is 22.7 Å². The second kappa shape index (κ2) is 9.48. The lowest BCUT2D eigenvalue weighted by Crippen LogP contribution is -2.50. The quantitative estimate of drug-likeness (QED) is 0.551. The first-order valence-electron chi connectivity index (χ1n) is 10.5. The molecule has 9 nitrogen and oxygen atoms in total. The van der Waals surface area contributed by atoms with E-state index in [4.69, 9.17) is 4.74 Å². The Morgan fingerprint density at radius 1 is 1.17 bits per heavy atom. The number of anilines is 2. The fourth-order valence-corrected chi connectivity index (χ4v) is 5.47. The fraction of sp³-hybridized carbons (Fsp3) is 0.364. The van der Waals surface area contributed by atoms with Crippen molar-refractivity contribution in [1.82, 2.24) is 5.32 Å². The van der Waals surface area contributed by atoms with Crippen LogP contribution < -0.4 is 24.8 Å². The van der Waals surface area contributed by atoms with Gasteiger partial charge in [0, 0.05) is 24.6 Å². The molecule has 2 aromatic rings. The summed E-state index contributed by atoms with van der Waals surface area (Å²) in [7, 11) is -4.72. The first-order chi connectivity index (χ1) is 16.5. The zero-order valence-corrected chi connectivity index (χ0v) is 20.1. The van der Waals surface area contributed by atoms with E-state index in [1.54, 1.807) is 13.8 Å². The lowest BCUT2D eigenvalue weighted by molar-refractivity contribution is -0.242. The number of amides is 2. The highest BCUT2D eigenvalue weighted by atomic mass is 32.2. The Kier molecular flexibility index (Phi) is 7.12. The SMILES string of the molecule is CC(=O)NC(C)(C)CC1CN(S(=O)(=O)c2ccc(F)c(C(F)(F)F)c2)c2cc(NC(=O)[O-])ccc2O1. The van der Waals surface area contributed by atoms with Gasteiger partial charge in [-0.15, -0.1) is 0 Å². The number of nitrogens with one attached hydrogen (secondary N) is 2. The molecule has 3 rings (SSSR count). The molecular weight excluding hydrogens is 510 g/mol. The van der Waals surface area contributed by atoms with Crippen molar-refractivity contribution in [1.29, 1.82) is 0 Å². The number of carboxylic acid groups (broad SMARTS) is 1. The van der Waals surface area contributed by atoms with E-state index < -0.39 is 56.8 Å². The van der Waals surface area contributed by atoms with E-state index in [0.29, 0.717) is 12.1 Å². The summed E-state index contributed by atoms with van der Waals surface area (Å²) in [5, 5.41) is 15.6. The van der Waals surface area contributed by atoms with E-state index in [1.807, 2.05) is 5.32 Å². The van der Waals surface area contributed by atoms with E-state index >= 15 is 0 Å². The van der Waals surface area contributed by atoms with Gasteiger partial charge >= 0.3 is 6.18 Å². The number of benzene rings is 2. The predicted octanol–water partition coefficient (Wildman–Crippen LogP) is 2.86. The number of fused-ring (bicyclic) bond motifs is 1. The molecule has 36 heavy (non-hydrogen) atoms. The van der Waals surface area contributed by atoms with Crippen LogP contribution in [0.25, 0.3) is 0 Å². The molecule has 1 unspecified atom stereocenters. The molecule has 0 bridgehead atoms. The van der Waals surface area contributed by atoms with Crippen molar-refractivity contribution in [2.24, 2.45) is 0 Å². The molecule has 14 heteroatoms. The minimum absolute atomic E-state index is 0.00416. The first kappa shape index (κ1) is 27.0. The van der Waals surface area contributed by atoms with Gasteiger partial charge in [0.25, 0.3) is 10.0 Å². The smallest absolute Gasteiger partial charge is 0.419 e. The van der Waals surface area contributed by atoms with Crippen LogP contribution in [0.3, 0.4) is 0 Å². The molecule has 196 valence electrons. The number of carbonyl (C=O) groups excluding carboxylic acids is 2. The van der Waals surface area contributed by atoms with E-state index in [1.165, 1.54) is 19.1 Å². The maximum Gasteiger partial charge on any atom is 0.419 e. The van der Waals surface area contributed by atoms with Crippen molar-refractivity contribution in [3.63, 3.8) is 0 Å². The zero-order chi connectivity index (χ0) is 27.1. The van der Waals surface area contributed by atoms with Gasteiger partial charge in [0.2, 0.25) is 5.91 Å². The van der Waals surface area contributed by atoms with E-state index in [2.05, 4.69) is 5.32 Å². The highest BCUT2D eigenvalue weighted by Gasteiger charge is 2.40. The maximum atomic E-state index is 13.8. The average Bonchev–Trinajstić information content (AvgIpc) is 2.71. The number of hydrogen-bond donors (Lipinski definition) is 2.